The zero-order valence-electron chi connectivity index (χ0n) is 16.1. The summed E-state index contributed by atoms with van der Waals surface area (Å²) < 4.78 is 103. The summed E-state index contributed by atoms with van der Waals surface area (Å²) in [6, 6.07) is 7.64. The molecule has 0 spiro atoms. The Balaban J connectivity index is 2.22. The van der Waals surface area contributed by atoms with Gasteiger partial charge in [-0.1, -0.05) is 18.2 Å². The third kappa shape index (κ3) is 5.90. The Labute approximate surface area is 173 Å². The molecule has 0 aliphatic heterocycles. The molecule has 170 valence electrons. The van der Waals surface area contributed by atoms with E-state index in [9.17, 15) is 39.6 Å². The monoisotopic (exact) mass is 469 g/mol. The van der Waals surface area contributed by atoms with Gasteiger partial charge in [0.25, 0.3) is 0 Å². The van der Waals surface area contributed by atoms with E-state index < -0.39 is 49.2 Å². The van der Waals surface area contributed by atoms with Crippen molar-refractivity contribution in [3.05, 3.63) is 59.7 Å². The van der Waals surface area contributed by atoms with Crippen LogP contribution in [0.4, 0.5) is 26.3 Å². The number of sulfone groups is 1. The van der Waals surface area contributed by atoms with E-state index in [1.54, 1.807) is 0 Å². The Kier molecular flexibility index (Phi) is 6.64. The lowest BCUT2D eigenvalue weighted by Crippen LogP contribution is -2.47. The normalized spacial score (nSPS) is 13.0. The second-order valence-electron chi connectivity index (χ2n) is 6.92. The average Bonchev–Trinajstić information content (AvgIpc) is 2.64. The Morgan fingerprint density at radius 2 is 1.58 bits per heavy atom. The Hall–Kier alpha value is -2.76. The fraction of sp³-hybridized carbons (Fsp3) is 0.316. The van der Waals surface area contributed by atoms with Gasteiger partial charge in [0.1, 0.15) is 10.5 Å². The van der Waals surface area contributed by atoms with Crippen molar-refractivity contribution in [1.29, 1.82) is 0 Å². The van der Waals surface area contributed by atoms with Crippen LogP contribution < -0.4 is 10.1 Å². The number of carbonyl (C=O) groups excluding carboxylic acids is 1. The van der Waals surface area contributed by atoms with E-state index in [4.69, 9.17) is 0 Å². The molecule has 0 aromatic heterocycles. The lowest BCUT2D eigenvalue weighted by molar-refractivity contribution is -0.274. The molecule has 1 amide bonds. The van der Waals surface area contributed by atoms with Crippen molar-refractivity contribution in [1.82, 2.24) is 5.32 Å². The molecule has 0 radical (unpaired) electrons. The third-order valence-electron chi connectivity index (χ3n) is 4.28. The number of carbonyl (C=O) groups is 1. The molecule has 0 heterocycles. The van der Waals surface area contributed by atoms with E-state index in [2.05, 4.69) is 10.1 Å². The molecule has 2 aromatic carbocycles. The Morgan fingerprint density at radius 3 is 2.16 bits per heavy atom. The molecule has 31 heavy (non-hydrogen) atoms. The molecule has 0 bridgehead atoms. The predicted octanol–water partition coefficient (Wildman–Crippen LogP) is 4.47. The van der Waals surface area contributed by atoms with Gasteiger partial charge in [0, 0.05) is 6.54 Å². The first kappa shape index (κ1) is 24.5. The molecule has 5 nitrogen and oxygen atoms in total. The minimum atomic E-state index is -5.04. The largest absolute Gasteiger partial charge is 0.573 e. The summed E-state index contributed by atoms with van der Waals surface area (Å²) in [5.74, 6) is -1.83. The summed E-state index contributed by atoms with van der Waals surface area (Å²) in [5.41, 5.74) is -0.857. The molecule has 1 N–H and O–H groups in total. The third-order valence-corrected chi connectivity index (χ3v) is 6.68. The van der Waals surface area contributed by atoms with Gasteiger partial charge in [0.05, 0.1) is 10.5 Å². The Bertz CT molecular complexity index is 1060. The first-order chi connectivity index (χ1) is 14.0. The van der Waals surface area contributed by atoms with Crippen LogP contribution in [0.1, 0.15) is 25.0 Å². The standard InChI is InChI=1S/C19H17F6NO4S/c1-17(2,16(27)26-11-12-5-3-6-13(9-12)18(20,21)22)31(28,29)15-8-4-7-14(10-15)30-19(23,24)25/h3-10H,11H2,1-2H3,(H,26,27). The van der Waals surface area contributed by atoms with Crippen LogP contribution in [0.3, 0.4) is 0 Å². The fourth-order valence-electron chi connectivity index (χ4n) is 2.51. The summed E-state index contributed by atoms with van der Waals surface area (Å²) in [6.07, 6.45) is -9.63. The number of nitrogens with one attached hydrogen (secondary N) is 1. The van der Waals surface area contributed by atoms with E-state index in [1.165, 1.54) is 6.07 Å². The summed E-state index contributed by atoms with van der Waals surface area (Å²) in [4.78, 5) is 11.9. The maximum atomic E-state index is 12.9. The number of halogens is 6. The van der Waals surface area contributed by atoms with Gasteiger partial charge in [-0.25, -0.2) is 8.42 Å². The average molecular weight is 469 g/mol. The first-order valence-corrected chi connectivity index (χ1v) is 10.1. The highest BCUT2D eigenvalue weighted by Gasteiger charge is 2.43. The lowest BCUT2D eigenvalue weighted by Gasteiger charge is -2.24. The van der Waals surface area contributed by atoms with Gasteiger partial charge in [-0.3, -0.25) is 4.79 Å². The molecule has 0 aliphatic carbocycles. The molecule has 0 fully saturated rings. The van der Waals surface area contributed by atoms with Gasteiger partial charge in [-0.2, -0.15) is 13.2 Å². The number of hydrogen-bond acceptors (Lipinski definition) is 4. The summed E-state index contributed by atoms with van der Waals surface area (Å²) in [5, 5.41) is 2.25. The topological polar surface area (TPSA) is 72.5 Å². The van der Waals surface area contributed by atoms with Gasteiger partial charge in [0.2, 0.25) is 5.91 Å². The van der Waals surface area contributed by atoms with Crippen LogP contribution in [0.25, 0.3) is 0 Å². The molecular formula is C19H17F6NO4S. The SMILES string of the molecule is CC(C)(C(=O)NCc1cccc(C(F)(F)F)c1)S(=O)(=O)c1cccc(OC(F)(F)F)c1. The fourth-order valence-corrected chi connectivity index (χ4v) is 3.94. The maximum absolute atomic E-state index is 12.9. The molecular weight excluding hydrogens is 452 g/mol. The van der Waals surface area contributed by atoms with Crippen molar-refractivity contribution in [3.63, 3.8) is 0 Å². The van der Waals surface area contributed by atoms with Crippen LogP contribution in [0.2, 0.25) is 0 Å². The van der Waals surface area contributed by atoms with Gasteiger partial charge < -0.3 is 10.1 Å². The molecule has 0 unspecified atom stereocenters. The minimum absolute atomic E-state index is 0.0805. The van der Waals surface area contributed by atoms with Gasteiger partial charge in [0.15, 0.2) is 9.84 Å². The van der Waals surface area contributed by atoms with Crippen LogP contribution in [-0.4, -0.2) is 25.4 Å². The lowest BCUT2D eigenvalue weighted by atomic mass is 10.1. The summed E-state index contributed by atoms with van der Waals surface area (Å²) >= 11 is 0. The summed E-state index contributed by atoms with van der Waals surface area (Å²) in [7, 11) is -4.49. The zero-order chi connectivity index (χ0) is 23.7. The number of ether oxygens (including phenoxy) is 1. The van der Waals surface area contributed by atoms with E-state index in [0.717, 1.165) is 50.2 Å². The van der Waals surface area contributed by atoms with Crippen LogP contribution in [0.5, 0.6) is 5.75 Å². The Morgan fingerprint density at radius 1 is 0.968 bits per heavy atom. The highest BCUT2D eigenvalue weighted by atomic mass is 32.2. The van der Waals surface area contributed by atoms with E-state index in [-0.39, 0.29) is 12.1 Å². The molecule has 0 saturated heterocycles. The van der Waals surface area contributed by atoms with Crippen molar-refractivity contribution in [2.24, 2.45) is 0 Å². The number of rotatable bonds is 6. The highest BCUT2D eigenvalue weighted by molar-refractivity contribution is 7.93. The van der Waals surface area contributed by atoms with Crippen LogP contribution >= 0.6 is 0 Å². The highest BCUT2D eigenvalue weighted by Crippen LogP contribution is 2.31. The molecule has 12 heteroatoms. The molecule has 0 saturated carbocycles. The van der Waals surface area contributed by atoms with Crippen LogP contribution in [0, 0.1) is 0 Å². The van der Waals surface area contributed by atoms with Crippen LogP contribution in [-0.2, 0) is 27.4 Å². The first-order valence-electron chi connectivity index (χ1n) is 8.59. The quantitative estimate of drug-likeness (QED) is 0.634. The van der Waals surface area contributed by atoms with Gasteiger partial charge in [-0.15, -0.1) is 13.2 Å². The number of hydrogen-bond donors (Lipinski definition) is 1. The number of amides is 1. The second kappa shape index (κ2) is 8.40. The molecule has 0 atom stereocenters. The van der Waals surface area contributed by atoms with E-state index in [0.29, 0.717) is 6.07 Å². The predicted molar refractivity (Wildman–Crippen MR) is 97.7 cm³/mol. The molecule has 2 aromatic rings. The number of alkyl halides is 6. The maximum Gasteiger partial charge on any atom is 0.573 e. The van der Waals surface area contributed by atoms with E-state index >= 15 is 0 Å². The molecule has 2 rings (SSSR count). The second-order valence-corrected chi connectivity index (χ2v) is 9.42. The van der Waals surface area contributed by atoms with Crippen molar-refractivity contribution in [2.75, 3.05) is 0 Å². The van der Waals surface area contributed by atoms with Gasteiger partial charge >= 0.3 is 12.5 Å². The minimum Gasteiger partial charge on any atom is -0.406 e. The van der Waals surface area contributed by atoms with Crippen LogP contribution in [0.15, 0.2) is 53.4 Å². The molecule has 0 aliphatic rings. The zero-order valence-corrected chi connectivity index (χ0v) is 17.0. The van der Waals surface area contributed by atoms with Crippen molar-refractivity contribution in [2.45, 2.75) is 42.6 Å². The van der Waals surface area contributed by atoms with Crippen molar-refractivity contribution >= 4 is 15.7 Å². The number of benzene rings is 2. The van der Waals surface area contributed by atoms with E-state index in [1.807, 2.05) is 0 Å². The van der Waals surface area contributed by atoms with Crippen molar-refractivity contribution < 1.29 is 44.3 Å². The van der Waals surface area contributed by atoms with Crippen molar-refractivity contribution in [3.8, 4) is 5.75 Å². The van der Waals surface area contributed by atoms with Gasteiger partial charge in [-0.05, 0) is 49.7 Å². The smallest absolute Gasteiger partial charge is 0.406 e. The summed E-state index contributed by atoms with van der Waals surface area (Å²) in [6.45, 7) is 1.67.